The van der Waals surface area contributed by atoms with Crippen molar-refractivity contribution in [3.05, 3.63) is 28.4 Å². The zero-order chi connectivity index (χ0) is 14.0. The lowest BCUT2D eigenvalue weighted by molar-refractivity contribution is 0.0602. The number of aryl methyl sites for hydroxylation is 1. The summed E-state index contributed by atoms with van der Waals surface area (Å²) >= 11 is 3.41. The number of benzene rings is 1. The quantitative estimate of drug-likeness (QED) is 0.806. The number of ether oxygens (including phenoxy) is 1. The molecule has 0 atom stereocenters. The van der Waals surface area contributed by atoms with Crippen LogP contribution >= 0.6 is 15.9 Å². The molecular formula is C14H17BrN2O2. The molecule has 0 amide bonds. The molecule has 0 N–H and O–H groups in total. The molecular weight excluding hydrogens is 308 g/mol. The molecule has 0 unspecified atom stereocenters. The molecule has 2 rings (SSSR count). The third-order valence-corrected chi connectivity index (χ3v) is 3.42. The van der Waals surface area contributed by atoms with Crippen LogP contribution in [0.1, 0.15) is 30.6 Å². The molecule has 0 saturated heterocycles. The van der Waals surface area contributed by atoms with E-state index in [0.29, 0.717) is 17.0 Å². The van der Waals surface area contributed by atoms with Crippen molar-refractivity contribution < 1.29 is 9.53 Å². The van der Waals surface area contributed by atoms with Crippen LogP contribution < -0.4 is 0 Å². The van der Waals surface area contributed by atoms with Gasteiger partial charge >= 0.3 is 5.97 Å². The summed E-state index contributed by atoms with van der Waals surface area (Å²) in [6.07, 6.45) is 3.03. The maximum atomic E-state index is 11.8. The average molecular weight is 325 g/mol. The van der Waals surface area contributed by atoms with E-state index < -0.39 is 0 Å². The molecule has 0 aliphatic heterocycles. The first kappa shape index (κ1) is 14.1. The molecule has 4 nitrogen and oxygen atoms in total. The Hall–Kier alpha value is -1.36. The van der Waals surface area contributed by atoms with E-state index in [4.69, 9.17) is 4.74 Å². The molecule has 5 heteroatoms. The van der Waals surface area contributed by atoms with Crippen molar-refractivity contribution in [1.82, 2.24) is 9.78 Å². The maximum Gasteiger partial charge on any atom is 0.340 e. The number of carbonyl (C=O) groups is 1. The van der Waals surface area contributed by atoms with Crippen LogP contribution in [0.25, 0.3) is 10.9 Å². The van der Waals surface area contributed by atoms with E-state index in [9.17, 15) is 4.79 Å². The molecule has 1 heterocycles. The summed E-state index contributed by atoms with van der Waals surface area (Å²) in [5, 5.41) is 5.43. The van der Waals surface area contributed by atoms with Gasteiger partial charge in [-0.25, -0.2) is 4.79 Å². The fourth-order valence-corrected chi connectivity index (χ4v) is 2.39. The molecule has 0 aliphatic carbocycles. The molecule has 0 saturated carbocycles. The normalized spacial score (nSPS) is 11.2. The molecule has 0 spiro atoms. The molecule has 1 aromatic carbocycles. The summed E-state index contributed by atoms with van der Waals surface area (Å²) in [4.78, 5) is 11.8. The van der Waals surface area contributed by atoms with E-state index in [2.05, 4.69) is 34.9 Å². The summed E-state index contributed by atoms with van der Waals surface area (Å²) in [5.41, 5.74) is 1.19. The topological polar surface area (TPSA) is 44.1 Å². The highest BCUT2D eigenvalue weighted by Gasteiger charge is 2.15. The van der Waals surface area contributed by atoms with Gasteiger partial charge in [-0.2, -0.15) is 5.10 Å². The Morgan fingerprint density at radius 3 is 2.84 bits per heavy atom. The summed E-state index contributed by atoms with van der Waals surface area (Å²) in [7, 11) is 1.38. The van der Waals surface area contributed by atoms with E-state index in [0.717, 1.165) is 22.8 Å². The molecule has 0 radical (unpaired) electrons. The third kappa shape index (κ3) is 3.15. The minimum absolute atomic E-state index is 0.361. The Balaban J connectivity index is 2.43. The second-order valence-electron chi connectivity index (χ2n) is 4.96. The number of fused-ring (bicyclic) bond motifs is 1. The first-order valence-electron chi connectivity index (χ1n) is 6.26. The lowest BCUT2D eigenvalue weighted by Crippen LogP contribution is -2.04. The average Bonchev–Trinajstić information content (AvgIpc) is 2.77. The van der Waals surface area contributed by atoms with Crippen LogP contribution in [-0.2, 0) is 11.3 Å². The Bertz CT molecular complexity index is 605. The maximum absolute atomic E-state index is 11.8. The van der Waals surface area contributed by atoms with Gasteiger partial charge in [0.15, 0.2) is 0 Å². The summed E-state index contributed by atoms with van der Waals surface area (Å²) in [6.45, 7) is 5.21. The van der Waals surface area contributed by atoms with Crippen LogP contribution in [0.5, 0.6) is 0 Å². The minimum atomic E-state index is -0.361. The largest absolute Gasteiger partial charge is 0.465 e. The van der Waals surface area contributed by atoms with Gasteiger partial charge in [0.05, 0.1) is 12.7 Å². The first-order chi connectivity index (χ1) is 9.01. The molecule has 1 aromatic heterocycles. The van der Waals surface area contributed by atoms with E-state index in [1.807, 2.05) is 16.9 Å². The van der Waals surface area contributed by atoms with Crippen LogP contribution in [0, 0.1) is 5.92 Å². The molecule has 0 aliphatic rings. The monoisotopic (exact) mass is 324 g/mol. The van der Waals surface area contributed by atoms with Crippen LogP contribution in [0.4, 0.5) is 0 Å². The predicted octanol–water partition coefficient (Wildman–Crippen LogP) is 3.63. The summed E-state index contributed by atoms with van der Waals surface area (Å²) < 4.78 is 7.54. The van der Waals surface area contributed by atoms with Gasteiger partial charge in [0.25, 0.3) is 0 Å². The lowest BCUT2D eigenvalue weighted by Gasteiger charge is -2.03. The molecule has 2 aromatic rings. The molecule has 19 heavy (non-hydrogen) atoms. The molecule has 102 valence electrons. The molecule has 0 bridgehead atoms. The van der Waals surface area contributed by atoms with Crippen LogP contribution in [-0.4, -0.2) is 22.9 Å². The van der Waals surface area contributed by atoms with Gasteiger partial charge < -0.3 is 4.74 Å². The Morgan fingerprint density at radius 1 is 1.47 bits per heavy atom. The third-order valence-electron chi connectivity index (χ3n) is 2.96. The SMILES string of the molecule is COC(=O)c1cc(Br)cc2cn(CCC(C)C)nc12. The zero-order valence-electron chi connectivity index (χ0n) is 11.3. The van der Waals surface area contributed by atoms with E-state index >= 15 is 0 Å². The predicted molar refractivity (Wildman–Crippen MR) is 78.2 cm³/mol. The Kier molecular flexibility index (Phi) is 4.24. The van der Waals surface area contributed by atoms with E-state index in [1.165, 1.54) is 7.11 Å². The van der Waals surface area contributed by atoms with Gasteiger partial charge in [-0.15, -0.1) is 0 Å². The minimum Gasteiger partial charge on any atom is -0.465 e. The van der Waals surface area contributed by atoms with Crippen LogP contribution in [0.2, 0.25) is 0 Å². The number of rotatable bonds is 4. The van der Waals surface area contributed by atoms with Crippen molar-refractivity contribution in [3.8, 4) is 0 Å². The number of hydrogen-bond donors (Lipinski definition) is 0. The van der Waals surface area contributed by atoms with Gasteiger partial charge in [0, 0.05) is 22.6 Å². The Labute approximate surface area is 120 Å². The second kappa shape index (κ2) is 5.74. The van der Waals surface area contributed by atoms with E-state index in [-0.39, 0.29) is 5.97 Å². The van der Waals surface area contributed by atoms with Crippen molar-refractivity contribution in [2.75, 3.05) is 7.11 Å². The van der Waals surface area contributed by atoms with Gasteiger partial charge in [0.2, 0.25) is 0 Å². The van der Waals surface area contributed by atoms with Crippen molar-refractivity contribution >= 4 is 32.8 Å². The summed E-state index contributed by atoms with van der Waals surface area (Å²) in [6, 6.07) is 3.70. The fraction of sp³-hybridized carbons (Fsp3) is 0.429. The second-order valence-corrected chi connectivity index (χ2v) is 5.87. The molecule has 0 fully saturated rings. The standard InChI is InChI=1S/C14H17BrN2O2/c1-9(2)4-5-17-8-10-6-11(15)7-12(13(10)16-17)14(18)19-3/h6-9H,4-5H2,1-3H3. The summed E-state index contributed by atoms with van der Waals surface area (Å²) in [5.74, 6) is 0.263. The van der Waals surface area contributed by atoms with Crippen molar-refractivity contribution in [1.29, 1.82) is 0 Å². The number of methoxy groups -OCH3 is 1. The van der Waals surface area contributed by atoms with Crippen LogP contribution in [0.15, 0.2) is 22.8 Å². The lowest BCUT2D eigenvalue weighted by atomic mass is 10.1. The highest BCUT2D eigenvalue weighted by Crippen LogP contribution is 2.24. The van der Waals surface area contributed by atoms with Crippen LogP contribution in [0.3, 0.4) is 0 Å². The number of nitrogens with zero attached hydrogens (tertiary/aromatic N) is 2. The number of carbonyl (C=O) groups excluding carboxylic acids is 1. The fourth-order valence-electron chi connectivity index (χ4n) is 1.92. The van der Waals surface area contributed by atoms with Crippen molar-refractivity contribution in [2.45, 2.75) is 26.8 Å². The van der Waals surface area contributed by atoms with Gasteiger partial charge in [-0.05, 0) is 24.5 Å². The van der Waals surface area contributed by atoms with E-state index in [1.54, 1.807) is 6.07 Å². The van der Waals surface area contributed by atoms with Gasteiger partial charge in [-0.3, -0.25) is 4.68 Å². The van der Waals surface area contributed by atoms with Gasteiger partial charge in [0.1, 0.15) is 5.52 Å². The smallest absolute Gasteiger partial charge is 0.340 e. The zero-order valence-corrected chi connectivity index (χ0v) is 12.9. The number of esters is 1. The number of aromatic nitrogens is 2. The van der Waals surface area contributed by atoms with Crippen molar-refractivity contribution in [2.24, 2.45) is 5.92 Å². The van der Waals surface area contributed by atoms with Crippen molar-refractivity contribution in [3.63, 3.8) is 0 Å². The highest BCUT2D eigenvalue weighted by atomic mass is 79.9. The number of hydrogen-bond acceptors (Lipinski definition) is 3. The number of halogens is 1. The Morgan fingerprint density at radius 2 is 2.21 bits per heavy atom. The first-order valence-corrected chi connectivity index (χ1v) is 7.05. The highest BCUT2D eigenvalue weighted by molar-refractivity contribution is 9.10. The van der Waals surface area contributed by atoms with Gasteiger partial charge in [-0.1, -0.05) is 29.8 Å².